The van der Waals surface area contributed by atoms with Crippen LogP contribution in [-0.4, -0.2) is 22.8 Å². The van der Waals surface area contributed by atoms with Crippen LogP contribution in [-0.2, 0) is 4.74 Å². The molecule has 3 nitrogen and oxygen atoms in total. The van der Waals surface area contributed by atoms with Gasteiger partial charge in [-0.15, -0.1) is 0 Å². The van der Waals surface area contributed by atoms with Crippen molar-refractivity contribution in [3.05, 3.63) is 0 Å². The molecule has 1 rings (SSSR count). The van der Waals surface area contributed by atoms with Crippen molar-refractivity contribution in [2.24, 2.45) is 5.73 Å². The van der Waals surface area contributed by atoms with Crippen LogP contribution in [0.25, 0.3) is 0 Å². The molecule has 1 saturated heterocycles. The molecule has 0 bridgehead atoms. The van der Waals surface area contributed by atoms with E-state index in [1.54, 1.807) is 0 Å². The zero-order valence-corrected chi connectivity index (χ0v) is 7.63. The van der Waals surface area contributed by atoms with Gasteiger partial charge in [0.2, 0.25) is 0 Å². The molecule has 3 N–H and O–H groups in total. The fraction of sp³-hybridized carbons (Fsp3) is 0.667. The van der Waals surface area contributed by atoms with E-state index in [9.17, 15) is 0 Å². The normalized spacial score (nSPS) is 23.1. The molecule has 0 radical (unpaired) electrons. The Labute approximate surface area is 76.3 Å². The van der Waals surface area contributed by atoms with Crippen LogP contribution in [0, 0.1) is 0 Å². The first kappa shape index (κ1) is 8.83. The van der Waals surface area contributed by atoms with Gasteiger partial charge in [-0.3, -0.25) is 0 Å². The van der Waals surface area contributed by atoms with E-state index in [4.69, 9.17) is 22.7 Å². The molecule has 1 aliphatic rings. The molecule has 0 unspecified atom stereocenters. The van der Waals surface area contributed by atoms with Gasteiger partial charge < -0.3 is 15.8 Å². The van der Waals surface area contributed by atoms with E-state index in [2.05, 4.69) is 17.5 Å². The maximum Gasteiger partial charge on any atom is 0.260 e. The second-order valence-corrected chi connectivity index (χ2v) is 3.19. The van der Waals surface area contributed by atoms with Crippen LogP contribution in [0.15, 0.2) is 0 Å². The van der Waals surface area contributed by atoms with Gasteiger partial charge in [-0.25, -0.2) is 0 Å². The Bertz CT molecular complexity index is 177. The fourth-order valence-corrected chi connectivity index (χ4v) is 1.49. The lowest BCUT2D eigenvalue weighted by Crippen LogP contribution is -2.33. The molecule has 1 aliphatic heterocycles. The van der Waals surface area contributed by atoms with E-state index in [1.165, 1.54) is 0 Å². The van der Waals surface area contributed by atoms with Crippen molar-refractivity contribution >= 4 is 34.7 Å². The van der Waals surface area contributed by atoms with Crippen LogP contribution in [0.2, 0.25) is 0 Å². The van der Waals surface area contributed by atoms with Gasteiger partial charge in [0.25, 0.3) is 5.17 Å². The van der Waals surface area contributed by atoms with Gasteiger partial charge in [-0.05, 0) is 43.8 Å². The van der Waals surface area contributed by atoms with E-state index in [0.29, 0.717) is 5.05 Å². The largest absolute Gasteiger partial charge is 0.423 e. The lowest BCUT2D eigenvalue weighted by Gasteiger charge is -2.10. The van der Waals surface area contributed by atoms with Crippen molar-refractivity contribution in [2.45, 2.75) is 18.9 Å². The molecule has 0 aromatic rings. The molecule has 1 heterocycles. The maximum absolute atomic E-state index is 5.15. The van der Waals surface area contributed by atoms with E-state index in [0.717, 1.165) is 19.4 Å². The predicted molar refractivity (Wildman–Crippen MR) is 51.5 cm³/mol. The van der Waals surface area contributed by atoms with Gasteiger partial charge in [0.15, 0.2) is 5.05 Å². The van der Waals surface area contributed by atoms with Crippen LogP contribution in [0.5, 0.6) is 0 Å². The summed E-state index contributed by atoms with van der Waals surface area (Å²) in [6, 6.07) is 0.159. The van der Waals surface area contributed by atoms with E-state index >= 15 is 0 Å². The zero-order chi connectivity index (χ0) is 8.27. The van der Waals surface area contributed by atoms with E-state index < -0.39 is 0 Å². The molecule has 0 aliphatic carbocycles. The lowest BCUT2D eigenvalue weighted by atomic mass is 10.2. The summed E-state index contributed by atoms with van der Waals surface area (Å²) in [5, 5.41) is 3.65. The number of rotatable bonds is 1. The SMILES string of the molecule is NC(=S)OC(=S)[C@@H]1CCCN1. The lowest BCUT2D eigenvalue weighted by molar-refractivity contribution is 0.518. The first-order valence-electron chi connectivity index (χ1n) is 3.44. The average Bonchev–Trinajstić information content (AvgIpc) is 2.35. The second-order valence-electron chi connectivity index (χ2n) is 2.39. The van der Waals surface area contributed by atoms with Crippen LogP contribution in [0.3, 0.4) is 0 Å². The molecule has 1 fully saturated rings. The van der Waals surface area contributed by atoms with Crippen molar-refractivity contribution < 1.29 is 4.74 Å². The number of nitrogens with one attached hydrogen (secondary N) is 1. The minimum absolute atomic E-state index is 0.00343. The van der Waals surface area contributed by atoms with Crippen molar-refractivity contribution in [3.8, 4) is 0 Å². The monoisotopic (exact) mass is 190 g/mol. The van der Waals surface area contributed by atoms with Gasteiger partial charge in [0.05, 0.1) is 6.04 Å². The molecule has 0 amide bonds. The first-order valence-corrected chi connectivity index (χ1v) is 4.26. The molecule has 0 spiro atoms. The number of hydrogen-bond acceptors (Lipinski definition) is 4. The number of nitrogens with two attached hydrogens (primary N) is 1. The van der Waals surface area contributed by atoms with Crippen molar-refractivity contribution in [1.29, 1.82) is 0 Å². The first-order chi connectivity index (χ1) is 5.20. The van der Waals surface area contributed by atoms with Crippen LogP contribution < -0.4 is 11.1 Å². The van der Waals surface area contributed by atoms with Gasteiger partial charge in [0.1, 0.15) is 0 Å². The molecule has 0 aromatic heterocycles. The molecule has 11 heavy (non-hydrogen) atoms. The minimum atomic E-state index is 0.00343. The predicted octanol–water partition coefficient (Wildman–Crippen LogP) is 0.326. The van der Waals surface area contributed by atoms with Gasteiger partial charge in [0, 0.05) is 0 Å². The smallest absolute Gasteiger partial charge is 0.260 e. The highest BCUT2D eigenvalue weighted by molar-refractivity contribution is 7.81. The topological polar surface area (TPSA) is 47.3 Å². The van der Waals surface area contributed by atoms with Crippen LogP contribution in [0.1, 0.15) is 12.8 Å². The second kappa shape index (κ2) is 3.94. The Morgan fingerprint density at radius 2 is 2.27 bits per heavy atom. The molecule has 5 heteroatoms. The van der Waals surface area contributed by atoms with E-state index in [-0.39, 0.29) is 11.2 Å². The summed E-state index contributed by atoms with van der Waals surface area (Å²) in [6.45, 7) is 0.992. The van der Waals surface area contributed by atoms with Crippen LogP contribution >= 0.6 is 24.4 Å². The summed E-state index contributed by atoms with van der Waals surface area (Å²) in [5.41, 5.74) is 5.15. The standard InChI is InChI=1S/C6H10N2OS2/c7-6(11)9-5(10)4-2-1-3-8-4/h4,8H,1-3H2,(H2,7,11)/t4-/m0/s1. The third-order valence-electron chi connectivity index (χ3n) is 1.55. The van der Waals surface area contributed by atoms with Crippen molar-refractivity contribution in [2.75, 3.05) is 6.54 Å². The fourth-order valence-electron chi connectivity index (χ4n) is 1.06. The average molecular weight is 190 g/mol. The molecule has 62 valence electrons. The molecular formula is C6H10N2OS2. The van der Waals surface area contributed by atoms with E-state index in [1.807, 2.05) is 0 Å². The summed E-state index contributed by atoms with van der Waals surface area (Å²) in [4.78, 5) is 0. The number of ether oxygens (including phenoxy) is 1. The molecule has 1 atom stereocenters. The highest BCUT2D eigenvalue weighted by Crippen LogP contribution is 2.07. The van der Waals surface area contributed by atoms with Gasteiger partial charge in [-0.2, -0.15) is 0 Å². The highest BCUT2D eigenvalue weighted by atomic mass is 32.1. The number of hydrogen-bond donors (Lipinski definition) is 2. The minimum Gasteiger partial charge on any atom is -0.423 e. The third kappa shape index (κ3) is 2.69. The molecule has 0 aromatic carbocycles. The summed E-state index contributed by atoms with van der Waals surface area (Å²) in [6.07, 6.45) is 2.15. The molecular weight excluding hydrogens is 180 g/mol. The third-order valence-corrected chi connectivity index (χ3v) is 2.00. The maximum atomic E-state index is 5.15. The summed E-state index contributed by atoms with van der Waals surface area (Å²) < 4.78 is 4.91. The van der Waals surface area contributed by atoms with Crippen molar-refractivity contribution in [3.63, 3.8) is 0 Å². The Morgan fingerprint density at radius 1 is 1.55 bits per heavy atom. The van der Waals surface area contributed by atoms with Crippen molar-refractivity contribution in [1.82, 2.24) is 5.32 Å². The quantitative estimate of drug-likeness (QED) is 0.583. The Balaban J connectivity index is 2.34. The highest BCUT2D eigenvalue weighted by Gasteiger charge is 2.20. The van der Waals surface area contributed by atoms with Gasteiger partial charge in [-0.1, -0.05) is 0 Å². The molecule has 0 saturated carbocycles. The van der Waals surface area contributed by atoms with Gasteiger partial charge >= 0.3 is 0 Å². The Morgan fingerprint density at radius 3 is 2.73 bits per heavy atom. The van der Waals surface area contributed by atoms with Crippen LogP contribution in [0.4, 0.5) is 0 Å². The zero-order valence-electron chi connectivity index (χ0n) is 6.00. The Kier molecular flexibility index (Phi) is 3.16. The Hall–Kier alpha value is -0.260. The summed E-state index contributed by atoms with van der Waals surface area (Å²) in [5.74, 6) is 0. The number of thiocarbonyl (C=S) groups is 2. The summed E-state index contributed by atoms with van der Waals surface area (Å²) >= 11 is 9.49. The summed E-state index contributed by atoms with van der Waals surface area (Å²) in [7, 11) is 0.